The molecule has 2 aromatic rings. The molecule has 0 unspecified atom stereocenters. The van der Waals surface area contributed by atoms with Crippen molar-refractivity contribution >= 4 is 50.6 Å². The number of benzene rings is 2. The summed E-state index contributed by atoms with van der Waals surface area (Å²) in [5, 5.41) is 22.9. The average molecular weight is 372 g/mol. The summed E-state index contributed by atoms with van der Waals surface area (Å²) in [6.45, 7) is 0. The number of carbonyl (C=O) groups is 1. The minimum Gasteiger partial charge on any atom is -0.478 e. The van der Waals surface area contributed by atoms with Gasteiger partial charge in [0.15, 0.2) is 0 Å². The Labute approximate surface area is 132 Å². The van der Waals surface area contributed by atoms with Crippen LogP contribution in [0.2, 0.25) is 5.02 Å². The van der Waals surface area contributed by atoms with E-state index in [9.17, 15) is 14.9 Å². The molecular weight excluding hydrogens is 364 g/mol. The van der Waals surface area contributed by atoms with Gasteiger partial charge in [0.25, 0.3) is 0 Å². The summed E-state index contributed by atoms with van der Waals surface area (Å²) in [7, 11) is 0. The Morgan fingerprint density at radius 3 is 2.67 bits per heavy atom. The number of rotatable bonds is 4. The van der Waals surface area contributed by atoms with Crippen LogP contribution in [0.3, 0.4) is 0 Å². The molecule has 0 aliphatic heterocycles. The van der Waals surface area contributed by atoms with Crippen LogP contribution in [0.15, 0.2) is 40.9 Å². The maximum Gasteiger partial charge on any atom is 0.336 e. The molecule has 0 bridgehead atoms. The zero-order valence-corrected chi connectivity index (χ0v) is 12.7. The average Bonchev–Trinajstić information content (AvgIpc) is 2.40. The fourth-order valence-corrected chi connectivity index (χ4v) is 2.38. The number of nitrogens with zero attached hydrogens (tertiary/aromatic N) is 1. The van der Waals surface area contributed by atoms with Gasteiger partial charge in [0, 0.05) is 10.2 Å². The predicted molar refractivity (Wildman–Crippen MR) is 82.5 cm³/mol. The zero-order valence-electron chi connectivity index (χ0n) is 10.3. The largest absolute Gasteiger partial charge is 0.478 e. The van der Waals surface area contributed by atoms with E-state index in [1.54, 1.807) is 18.2 Å². The van der Waals surface area contributed by atoms with Gasteiger partial charge in [-0.25, -0.2) is 4.79 Å². The minimum atomic E-state index is -1.11. The van der Waals surface area contributed by atoms with Gasteiger partial charge in [-0.2, -0.15) is 0 Å². The molecule has 0 heterocycles. The van der Waals surface area contributed by atoms with Gasteiger partial charge in [-0.3, -0.25) is 10.1 Å². The Bertz CT molecular complexity index is 736. The maximum atomic E-state index is 11.1. The number of hydrogen-bond acceptors (Lipinski definition) is 4. The lowest BCUT2D eigenvalue weighted by Crippen LogP contribution is -2.01. The van der Waals surface area contributed by atoms with Crippen molar-refractivity contribution in [3.8, 4) is 0 Å². The highest BCUT2D eigenvalue weighted by atomic mass is 79.9. The number of nitro benzene ring substituents is 1. The van der Waals surface area contributed by atoms with Gasteiger partial charge in [0.05, 0.1) is 10.5 Å². The molecule has 0 aliphatic rings. The Balaban J connectivity index is 2.44. The first-order valence-electron chi connectivity index (χ1n) is 5.63. The molecular formula is C13H8BrClN2O4. The lowest BCUT2D eigenvalue weighted by molar-refractivity contribution is -0.383. The van der Waals surface area contributed by atoms with E-state index < -0.39 is 10.9 Å². The molecule has 0 atom stereocenters. The molecule has 108 valence electrons. The molecule has 0 aromatic heterocycles. The van der Waals surface area contributed by atoms with Crippen molar-refractivity contribution in [3.05, 3.63) is 61.6 Å². The van der Waals surface area contributed by atoms with Gasteiger partial charge >= 0.3 is 11.7 Å². The van der Waals surface area contributed by atoms with E-state index >= 15 is 0 Å². The van der Waals surface area contributed by atoms with Crippen LogP contribution in [0, 0.1) is 10.1 Å². The normalized spacial score (nSPS) is 10.2. The second-order valence-electron chi connectivity index (χ2n) is 4.02. The second kappa shape index (κ2) is 6.11. The van der Waals surface area contributed by atoms with E-state index in [1.807, 2.05) is 0 Å². The number of aromatic carboxylic acids is 1. The monoisotopic (exact) mass is 370 g/mol. The summed E-state index contributed by atoms with van der Waals surface area (Å²) >= 11 is 8.94. The fourth-order valence-electron chi connectivity index (χ4n) is 1.72. The van der Waals surface area contributed by atoms with Gasteiger partial charge < -0.3 is 10.4 Å². The smallest absolute Gasteiger partial charge is 0.336 e. The third-order valence-corrected chi connectivity index (χ3v) is 3.64. The highest BCUT2D eigenvalue weighted by Crippen LogP contribution is 2.34. The zero-order chi connectivity index (χ0) is 15.6. The van der Waals surface area contributed by atoms with Crippen LogP contribution in [-0.2, 0) is 0 Å². The van der Waals surface area contributed by atoms with E-state index in [0.29, 0.717) is 10.2 Å². The molecule has 0 radical (unpaired) electrons. The first-order valence-corrected chi connectivity index (χ1v) is 6.80. The number of nitro groups is 1. The Kier molecular flexibility index (Phi) is 4.44. The van der Waals surface area contributed by atoms with Gasteiger partial charge in [0.1, 0.15) is 10.7 Å². The first-order chi connectivity index (χ1) is 9.90. The number of carboxylic acid groups (broad SMARTS) is 1. The molecule has 0 spiro atoms. The number of halogens is 2. The predicted octanol–water partition coefficient (Wildman–Crippen LogP) is 4.45. The number of hydrogen-bond donors (Lipinski definition) is 2. The molecule has 0 fully saturated rings. The van der Waals surface area contributed by atoms with E-state index in [0.717, 1.165) is 0 Å². The van der Waals surface area contributed by atoms with Crippen LogP contribution in [0.4, 0.5) is 17.1 Å². The molecule has 0 amide bonds. The summed E-state index contributed by atoms with van der Waals surface area (Å²) in [6.07, 6.45) is 0. The van der Waals surface area contributed by atoms with E-state index in [4.69, 9.17) is 16.7 Å². The van der Waals surface area contributed by atoms with Gasteiger partial charge in [-0.15, -0.1) is 0 Å². The fraction of sp³-hybridized carbons (Fsp3) is 0. The van der Waals surface area contributed by atoms with Gasteiger partial charge in [-0.05, 0) is 46.3 Å². The van der Waals surface area contributed by atoms with Crippen LogP contribution in [-0.4, -0.2) is 16.0 Å². The highest BCUT2D eigenvalue weighted by Gasteiger charge is 2.19. The number of nitrogens with one attached hydrogen (secondary N) is 1. The molecule has 6 nitrogen and oxygen atoms in total. The lowest BCUT2D eigenvalue weighted by Gasteiger charge is -2.09. The topological polar surface area (TPSA) is 92.5 Å². The molecule has 0 saturated heterocycles. The van der Waals surface area contributed by atoms with Crippen molar-refractivity contribution in [3.63, 3.8) is 0 Å². The highest BCUT2D eigenvalue weighted by molar-refractivity contribution is 9.10. The molecule has 8 heteroatoms. The number of carboxylic acids is 1. The van der Waals surface area contributed by atoms with E-state index in [-0.39, 0.29) is 22.0 Å². The Morgan fingerprint density at radius 1 is 1.33 bits per heavy atom. The first kappa shape index (κ1) is 15.3. The summed E-state index contributed by atoms with van der Waals surface area (Å²) in [5.74, 6) is -1.11. The Morgan fingerprint density at radius 2 is 2.05 bits per heavy atom. The van der Waals surface area contributed by atoms with Crippen LogP contribution in [0.5, 0.6) is 0 Å². The maximum absolute atomic E-state index is 11.1. The van der Waals surface area contributed by atoms with Gasteiger partial charge in [-0.1, -0.05) is 17.7 Å². The van der Waals surface area contributed by atoms with Crippen LogP contribution >= 0.6 is 27.5 Å². The van der Waals surface area contributed by atoms with Crippen molar-refractivity contribution in [2.45, 2.75) is 0 Å². The van der Waals surface area contributed by atoms with E-state index in [2.05, 4.69) is 21.2 Å². The van der Waals surface area contributed by atoms with Crippen LogP contribution < -0.4 is 5.32 Å². The molecule has 0 aliphatic carbocycles. The summed E-state index contributed by atoms with van der Waals surface area (Å²) in [5.41, 5.74) is 0.371. The van der Waals surface area contributed by atoms with Crippen molar-refractivity contribution in [1.82, 2.24) is 0 Å². The molecule has 2 rings (SSSR count). The van der Waals surface area contributed by atoms with Crippen molar-refractivity contribution in [1.29, 1.82) is 0 Å². The second-order valence-corrected chi connectivity index (χ2v) is 5.28. The SMILES string of the molecule is O=C(O)c1cc(Nc2cccc(Cl)c2[N+](=O)[O-])ccc1Br. The lowest BCUT2D eigenvalue weighted by atomic mass is 10.2. The van der Waals surface area contributed by atoms with Crippen molar-refractivity contribution in [2.75, 3.05) is 5.32 Å². The summed E-state index contributed by atoms with van der Waals surface area (Å²) < 4.78 is 0.418. The summed E-state index contributed by atoms with van der Waals surface area (Å²) in [6, 6.07) is 8.98. The number of anilines is 2. The standard InChI is InChI=1S/C13H8BrClN2O4/c14-9-5-4-7(6-8(9)13(18)19)16-11-3-1-2-10(15)12(11)17(20)21/h1-6,16H,(H,18,19). The number of para-hydroxylation sites is 1. The van der Waals surface area contributed by atoms with Crippen LogP contribution in [0.1, 0.15) is 10.4 Å². The quantitative estimate of drug-likeness (QED) is 0.612. The van der Waals surface area contributed by atoms with Crippen molar-refractivity contribution < 1.29 is 14.8 Å². The molecule has 21 heavy (non-hydrogen) atoms. The molecule has 2 aromatic carbocycles. The summed E-state index contributed by atoms with van der Waals surface area (Å²) in [4.78, 5) is 21.5. The molecule has 0 saturated carbocycles. The van der Waals surface area contributed by atoms with Crippen LogP contribution in [0.25, 0.3) is 0 Å². The van der Waals surface area contributed by atoms with Gasteiger partial charge in [0.2, 0.25) is 0 Å². The minimum absolute atomic E-state index is 0.000528. The van der Waals surface area contributed by atoms with E-state index in [1.165, 1.54) is 18.2 Å². The third-order valence-electron chi connectivity index (χ3n) is 2.65. The third kappa shape index (κ3) is 3.32. The Hall–Kier alpha value is -2.12. The molecule has 2 N–H and O–H groups in total. The van der Waals surface area contributed by atoms with Crippen molar-refractivity contribution in [2.24, 2.45) is 0 Å².